The zero-order valence-corrected chi connectivity index (χ0v) is 18.6. The smallest absolute Gasteiger partial charge is 0.310 e. The maximum atomic E-state index is 12.0. The van der Waals surface area contributed by atoms with Gasteiger partial charge in [0.25, 0.3) is 0 Å². The first kappa shape index (κ1) is 23.3. The van der Waals surface area contributed by atoms with Gasteiger partial charge in [-0.2, -0.15) is 0 Å². The first-order valence-electron chi connectivity index (χ1n) is 10.1. The number of hydrogen-bond donors (Lipinski definition) is 1. The molecule has 1 N–H and O–H groups in total. The van der Waals surface area contributed by atoms with Gasteiger partial charge in [-0.1, -0.05) is 54.4 Å². The predicted molar refractivity (Wildman–Crippen MR) is 120 cm³/mol. The summed E-state index contributed by atoms with van der Waals surface area (Å²) in [5.41, 5.74) is 1.40. The van der Waals surface area contributed by atoms with Crippen molar-refractivity contribution in [3.05, 3.63) is 48.0 Å². The maximum Gasteiger partial charge on any atom is 0.310 e. The Kier molecular flexibility index (Phi) is 11.1. The van der Waals surface area contributed by atoms with Crippen molar-refractivity contribution in [2.75, 3.05) is 26.8 Å². The SMILES string of the molecule is CCOC(=O)C1CCCN(SC2C=CC(SCc3ccccc3)CC2)C1.CO. The summed E-state index contributed by atoms with van der Waals surface area (Å²) in [6.07, 6.45) is 9.28. The van der Waals surface area contributed by atoms with E-state index in [-0.39, 0.29) is 11.9 Å². The molecule has 1 heterocycles. The van der Waals surface area contributed by atoms with E-state index in [2.05, 4.69) is 46.8 Å². The average Bonchev–Trinajstić information content (AvgIpc) is 2.76. The quantitative estimate of drug-likeness (QED) is 0.395. The first-order chi connectivity index (χ1) is 13.7. The summed E-state index contributed by atoms with van der Waals surface area (Å²) in [5.74, 6) is 1.12. The molecule has 6 heteroatoms. The third-order valence-corrected chi connectivity index (χ3v) is 7.49. The number of nitrogens with zero attached hydrogens (tertiary/aromatic N) is 1. The average molecular weight is 424 g/mol. The Bertz CT molecular complexity index is 597. The maximum absolute atomic E-state index is 12.0. The minimum Gasteiger partial charge on any atom is -0.466 e. The van der Waals surface area contributed by atoms with Crippen LogP contribution in [-0.4, -0.2) is 52.7 Å². The number of ether oxygens (including phenoxy) is 1. The second-order valence-electron chi connectivity index (χ2n) is 6.92. The van der Waals surface area contributed by atoms with Crippen LogP contribution in [0.5, 0.6) is 0 Å². The van der Waals surface area contributed by atoms with Crippen LogP contribution in [0.2, 0.25) is 0 Å². The van der Waals surface area contributed by atoms with Crippen LogP contribution in [0.15, 0.2) is 42.5 Å². The Balaban J connectivity index is 0.00000136. The molecule has 28 heavy (non-hydrogen) atoms. The van der Waals surface area contributed by atoms with Crippen LogP contribution in [0.3, 0.4) is 0 Å². The fourth-order valence-corrected chi connectivity index (χ4v) is 5.84. The van der Waals surface area contributed by atoms with E-state index in [1.54, 1.807) is 0 Å². The summed E-state index contributed by atoms with van der Waals surface area (Å²) in [5, 5.41) is 8.17. The summed E-state index contributed by atoms with van der Waals surface area (Å²) in [6, 6.07) is 10.7. The third kappa shape index (κ3) is 7.82. The van der Waals surface area contributed by atoms with Gasteiger partial charge >= 0.3 is 5.97 Å². The zero-order chi connectivity index (χ0) is 20.2. The largest absolute Gasteiger partial charge is 0.466 e. The molecule has 0 radical (unpaired) electrons. The molecular formula is C22H33NO3S2. The van der Waals surface area contributed by atoms with Crippen molar-refractivity contribution >= 4 is 29.7 Å². The number of rotatable bonds is 7. The van der Waals surface area contributed by atoms with Crippen molar-refractivity contribution < 1.29 is 14.6 Å². The topological polar surface area (TPSA) is 49.8 Å². The van der Waals surface area contributed by atoms with Crippen molar-refractivity contribution in [1.82, 2.24) is 4.31 Å². The minimum atomic E-state index is -0.0191. The van der Waals surface area contributed by atoms with E-state index < -0.39 is 0 Å². The molecule has 156 valence electrons. The summed E-state index contributed by atoms with van der Waals surface area (Å²) in [7, 11) is 1.00. The molecule has 1 aromatic rings. The van der Waals surface area contributed by atoms with Crippen molar-refractivity contribution in [3.63, 3.8) is 0 Å². The van der Waals surface area contributed by atoms with E-state index in [4.69, 9.17) is 9.84 Å². The van der Waals surface area contributed by atoms with E-state index in [1.165, 1.54) is 18.4 Å². The lowest BCUT2D eigenvalue weighted by Crippen LogP contribution is -2.36. The zero-order valence-electron chi connectivity index (χ0n) is 17.0. The molecule has 0 spiro atoms. The molecule has 0 bridgehead atoms. The molecule has 1 aliphatic heterocycles. The van der Waals surface area contributed by atoms with Gasteiger partial charge in [-0.05, 0) is 38.2 Å². The Morgan fingerprint density at radius 2 is 1.86 bits per heavy atom. The number of esters is 1. The molecule has 0 amide bonds. The summed E-state index contributed by atoms with van der Waals surface area (Å²) in [6.45, 7) is 4.28. The van der Waals surface area contributed by atoms with Gasteiger partial charge in [-0.15, -0.1) is 11.8 Å². The molecule has 0 aromatic heterocycles. The molecule has 2 aliphatic rings. The molecule has 1 fully saturated rings. The molecule has 3 atom stereocenters. The second-order valence-corrected chi connectivity index (χ2v) is 9.48. The lowest BCUT2D eigenvalue weighted by atomic mass is 10.0. The Morgan fingerprint density at radius 3 is 2.54 bits per heavy atom. The number of benzene rings is 1. The predicted octanol–water partition coefficient (Wildman–Crippen LogP) is 4.54. The highest BCUT2D eigenvalue weighted by Gasteiger charge is 2.29. The number of piperidine rings is 1. The summed E-state index contributed by atoms with van der Waals surface area (Å²) < 4.78 is 7.59. The Morgan fingerprint density at radius 1 is 1.14 bits per heavy atom. The molecule has 4 nitrogen and oxygen atoms in total. The van der Waals surface area contributed by atoms with Gasteiger partial charge in [-0.25, -0.2) is 4.31 Å². The lowest BCUT2D eigenvalue weighted by Gasteiger charge is -2.33. The van der Waals surface area contributed by atoms with Gasteiger partial charge in [0.05, 0.1) is 12.5 Å². The number of aliphatic hydroxyl groups is 1. The first-order valence-corrected chi connectivity index (χ1v) is 12.0. The molecule has 1 saturated heterocycles. The van der Waals surface area contributed by atoms with Crippen LogP contribution in [-0.2, 0) is 15.3 Å². The van der Waals surface area contributed by atoms with E-state index in [0.717, 1.165) is 38.8 Å². The molecule has 1 aliphatic carbocycles. The van der Waals surface area contributed by atoms with Crippen LogP contribution < -0.4 is 0 Å². The molecule has 3 unspecified atom stereocenters. The number of aliphatic hydroxyl groups excluding tert-OH is 1. The van der Waals surface area contributed by atoms with E-state index >= 15 is 0 Å². The number of carbonyl (C=O) groups is 1. The Labute approximate surface area is 178 Å². The van der Waals surface area contributed by atoms with Crippen LogP contribution in [0.25, 0.3) is 0 Å². The molecule has 0 saturated carbocycles. The number of thioether (sulfide) groups is 1. The molecule has 1 aromatic carbocycles. The third-order valence-electron chi connectivity index (χ3n) is 4.87. The highest BCUT2D eigenvalue weighted by molar-refractivity contribution is 7.99. The van der Waals surface area contributed by atoms with Crippen molar-refractivity contribution in [2.45, 2.75) is 48.9 Å². The standard InChI is InChI=1S/C21H29NO2S2.CH4O/c1-2-24-21(23)18-9-6-14-22(15-18)26-20-12-10-19(11-13-20)25-16-17-7-4-3-5-8-17;1-2/h3-5,7-8,10,12,18-20H,2,6,9,11,13-16H2,1H3;2H,1H3. The van der Waals surface area contributed by atoms with E-state index in [1.807, 2.05) is 30.6 Å². The fraction of sp³-hybridized carbons (Fsp3) is 0.591. The van der Waals surface area contributed by atoms with Gasteiger partial charge in [0.1, 0.15) is 0 Å². The van der Waals surface area contributed by atoms with Crippen molar-refractivity contribution in [1.29, 1.82) is 0 Å². The highest BCUT2D eigenvalue weighted by atomic mass is 32.2. The lowest BCUT2D eigenvalue weighted by molar-refractivity contribution is -0.149. The normalized spacial score (nSPS) is 24.9. The minimum absolute atomic E-state index is 0.0191. The van der Waals surface area contributed by atoms with Crippen LogP contribution >= 0.6 is 23.7 Å². The van der Waals surface area contributed by atoms with Gasteiger partial charge in [-0.3, -0.25) is 4.79 Å². The Hall–Kier alpha value is -0.950. The number of carbonyl (C=O) groups excluding carboxylic acids is 1. The summed E-state index contributed by atoms with van der Waals surface area (Å²) >= 11 is 3.96. The van der Waals surface area contributed by atoms with Crippen LogP contribution in [0.4, 0.5) is 0 Å². The van der Waals surface area contributed by atoms with Gasteiger partial charge in [0.2, 0.25) is 0 Å². The van der Waals surface area contributed by atoms with Crippen LogP contribution in [0.1, 0.15) is 38.2 Å². The van der Waals surface area contributed by atoms with Gasteiger partial charge < -0.3 is 9.84 Å². The van der Waals surface area contributed by atoms with Gasteiger partial charge in [0, 0.05) is 36.5 Å². The number of hydrogen-bond acceptors (Lipinski definition) is 6. The second kappa shape index (κ2) is 13.3. The fourth-order valence-electron chi connectivity index (χ4n) is 3.46. The van der Waals surface area contributed by atoms with Crippen molar-refractivity contribution in [2.24, 2.45) is 5.92 Å². The molecule has 3 rings (SSSR count). The van der Waals surface area contributed by atoms with Crippen molar-refractivity contribution in [3.8, 4) is 0 Å². The monoisotopic (exact) mass is 423 g/mol. The summed E-state index contributed by atoms with van der Waals surface area (Å²) in [4.78, 5) is 12.0. The van der Waals surface area contributed by atoms with E-state index in [9.17, 15) is 4.79 Å². The molecular weight excluding hydrogens is 390 g/mol. The van der Waals surface area contributed by atoms with Gasteiger partial charge in [0.15, 0.2) is 0 Å². The highest BCUT2D eigenvalue weighted by Crippen LogP contribution is 2.34. The van der Waals surface area contributed by atoms with Crippen LogP contribution in [0, 0.1) is 5.92 Å². The van der Waals surface area contributed by atoms with E-state index in [0.29, 0.717) is 17.1 Å².